The molecule has 0 aromatic heterocycles. The summed E-state index contributed by atoms with van der Waals surface area (Å²) in [6.07, 6.45) is 3.11. The van der Waals surface area contributed by atoms with Crippen molar-refractivity contribution in [2.45, 2.75) is 51.7 Å². The average Bonchev–Trinajstić information content (AvgIpc) is 3.09. The van der Waals surface area contributed by atoms with E-state index in [1.54, 1.807) is 6.92 Å². The Morgan fingerprint density at radius 3 is 2.81 bits per heavy atom. The number of carbonyl (C=O) groups is 1. The lowest BCUT2D eigenvalue weighted by molar-refractivity contribution is -0.132. The van der Waals surface area contributed by atoms with Gasteiger partial charge in [0, 0.05) is 6.54 Å². The van der Waals surface area contributed by atoms with Crippen LogP contribution in [0.5, 0.6) is 0 Å². The highest BCUT2D eigenvalue weighted by atomic mass is 16.5. The van der Waals surface area contributed by atoms with Crippen LogP contribution in [-0.4, -0.2) is 36.4 Å². The fourth-order valence-electron chi connectivity index (χ4n) is 1.35. The summed E-state index contributed by atoms with van der Waals surface area (Å²) in [4.78, 5) is 11.5. The zero-order valence-corrected chi connectivity index (χ0v) is 10.2. The molecule has 0 aliphatic heterocycles. The first-order valence-electron chi connectivity index (χ1n) is 6.20. The van der Waals surface area contributed by atoms with Crippen molar-refractivity contribution in [2.24, 2.45) is 5.92 Å². The molecule has 0 radical (unpaired) electrons. The second kappa shape index (κ2) is 6.86. The second-order valence-electron chi connectivity index (χ2n) is 4.56. The summed E-state index contributed by atoms with van der Waals surface area (Å²) in [7, 11) is 0. The number of aliphatic hydroxyl groups excluding tert-OH is 1. The third-order valence-electron chi connectivity index (χ3n) is 2.90. The van der Waals surface area contributed by atoms with E-state index >= 15 is 0 Å². The van der Waals surface area contributed by atoms with Crippen molar-refractivity contribution < 1.29 is 14.6 Å². The molecule has 94 valence electrons. The van der Waals surface area contributed by atoms with E-state index in [1.165, 1.54) is 12.8 Å². The molecule has 0 aromatic carbocycles. The van der Waals surface area contributed by atoms with E-state index in [9.17, 15) is 9.90 Å². The summed E-state index contributed by atoms with van der Waals surface area (Å²) in [5.41, 5.74) is 0. The SMILES string of the molecule is CCC(O)CCNC(=O)C(C)OCC1CC1. The molecule has 2 N–H and O–H groups in total. The first kappa shape index (κ1) is 13.5. The molecule has 2 unspecified atom stereocenters. The second-order valence-corrected chi connectivity index (χ2v) is 4.56. The monoisotopic (exact) mass is 229 g/mol. The quantitative estimate of drug-likeness (QED) is 0.655. The Kier molecular flexibility index (Phi) is 5.77. The molecule has 0 heterocycles. The van der Waals surface area contributed by atoms with Gasteiger partial charge in [-0.05, 0) is 38.5 Å². The van der Waals surface area contributed by atoms with Crippen LogP contribution >= 0.6 is 0 Å². The van der Waals surface area contributed by atoms with Crippen LogP contribution in [0.15, 0.2) is 0 Å². The van der Waals surface area contributed by atoms with Gasteiger partial charge in [-0.2, -0.15) is 0 Å². The smallest absolute Gasteiger partial charge is 0.248 e. The van der Waals surface area contributed by atoms with Gasteiger partial charge in [-0.1, -0.05) is 6.92 Å². The van der Waals surface area contributed by atoms with Gasteiger partial charge in [0.1, 0.15) is 6.10 Å². The molecule has 4 heteroatoms. The molecule has 0 spiro atoms. The molecule has 0 bridgehead atoms. The lowest BCUT2D eigenvalue weighted by Crippen LogP contribution is -2.36. The Morgan fingerprint density at radius 2 is 2.25 bits per heavy atom. The molecule has 1 amide bonds. The number of hydrogen-bond acceptors (Lipinski definition) is 3. The molecule has 0 aromatic rings. The Bertz CT molecular complexity index is 216. The summed E-state index contributed by atoms with van der Waals surface area (Å²) in [6.45, 7) is 4.92. The lowest BCUT2D eigenvalue weighted by atomic mass is 10.2. The number of rotatable bonds is 8. The third kappa shape index (κ3) is 5.47. The number of carbonyl (C=O) groups excluding carboxylic acids is 1. The summed E-state index contributed by atoms with van der Waals surface area (Å²) >= 11 is 0. The lowest BCUT2D eigenvalue weighted by Gasteiger charge is -2.14. The van der Waals surface area contributed by atoms with Crippen molar-refractivity contribution in [2.75, 3.05) is 13.2 Å². The molecular formula is C12H23NO3. The number of aliphatic hydroxyl groups is 1. The van der Waals surface area contributed by atoms with Crippen molar-refractivity contribution in [1.29, 1.82) is 0 Å². The summed E-state index contributed by atoms with van der Waals surface area (Å²) in [6, 6.07) is 0. The Hall–Kier alpha value is -0.610. The highest BCUT2D eigenvalue weighted by molar-refractivity contribution is 5.80. The first-order chi connectivity index (χ1) is 7.63. The molecule has 0 saturated heterocycles. The van der Waals surface area contributed by atoms with Gasteiger partial charge in [-0.25, -0.2) is 0 Å². The van der Waals surface area contributed by atoms with E-state index in [1.807, 2.05) is 6.92 Å². The van der Waals surface area contributed by atoms with Gasteiger partial charge in [0.2, 0.25) is 5.91 Å². The van der Waals surface area contributed by atoms with E-state index in [2.05, 4.69) is 5.32 Å². The molecule has 1 saturated carbocycles. The number of nitrogens with one attached hydrogen (secondary N) is 1. The van der Waals surface area contributed by atoms with Crippen LogP contribution in [0.1, 0.15) is 39.5 Å². The van der Waals surface area contributed by atoms with Gasteiger partial charge >= 0.3 is 0 Å². The number of amides is 1. The van der Waals surface area contributed by atoms with Gasteiger partial charge in [0.05, 0.1) is 12.7 Å². The number of ether oxygens (including phenoxy) is 1. The van der Waals surface area contributed by atoms with Crippen molar-refractivity contribution >= 4 is 5.91 Å². The largest absolute Gasteiger partial charge is 0.393 e. The molecule has 1 rings (SSSR count). The standard InChI is InChI=1S/C12H23NO3/c1-3-11(14)6-7-13-12(15)9(2)16-8-10-4-5-10/h9-11,14H,3-8H2,1-2H3,(H,13,15). The Labute approximate surface area is 97.4 Å². The average molecular weight is 229 g/mol. The topological polar surface area (TPSA) is 58.6 Å². The molecule has 16 heavy (non-hydrogen) atoms. The fourth-order valence-corrected chi connectivity index (χ4v) is 1.35. The van der Waals surface area contributed by atoms with E-state index in [0.29, 0.717) is 25.5 Å². The minimum Gasteiger partial charge on any atom is -0.393 e. The minimum atomic E-state index is -0.376. The van der Waals surface area contributed by atoms with Crippen molar-refractivity contribution in [3.63, 3.8) is 0 Å². The van der Waals surface area contributed by atoms with Crippen LogP contribution in [0, 0.1) is 5.92 Å². The maximum absolute atomic E-state index is 11.5. The molecule has 1 fully saturated rings. The molecular weight excluding hydrogens is 206 g/mol. The van der Waals surface area contributed by atoms with Crippen LogP contribution < -0.4 is 5.32 Å². The normalized spacial score (nSPS) is 19.2. The van der Waals surface area contributed by atoms with Crippen molar-refractivity contribution in [1.82, 2.24) is 5.32 Å². The Morgan fingerprint density at radius 1 is 1.56 bits per heavy atom. The summed E-state index contributed by atoms with van der Waals surface area (Å²) in [5.74, 6) is 0.598. The summed E-state index contributed by atoms with van der Waals surface area (Å²) < 4.78 is 5.44. The zero-order chi connectivity index (χ0) is 12.0. The molecule has 2 atom stereocenters. The van der Waals surface area contributed by atoms with Crippen LogP contribution in [0.25, 0.3) is 0 Å². The first-order valence-corrected chi connectivity index (χ1v) is 6.20. The van der Waals surface area contributed by atoms with E-state index in [-0.39, 0.29) is 18.1 Å². The predicted molar refractivity (Wildman–Crippen MR) is 62.1 cm³/mol. The molecule has 1 aliphatic rings. The summed E-state index contributed by atoms with van der Waals surface area (Å²) in [5, 5.41) is 12.1. The van der Waals surface area contributed by atoms with Gasteiger partial charge in [0.15, 0.2) is 0 Å². The highest BCUT2D eigenvalue weighted by Crippen LogP contribution is 2.29. The maximum Gasteiger partial charge on any atom is 0.248 e. The third-order valence-corrected chi connectivity index (χ3v) is 2.90. The van der Waals surface area contributed by atoms with E-state index in [4.69, 9.17) is 4.74 Å². The van der Waals surface area contributed by atoms with E-state index < -0.39 is 0 Å². The van der Waals surface area contributed by atoms with Crippen molar-refractivity contribution in [3.05, 3.63) is 0 Å². The highest BCUT2D eigenvalue weighted by Gasteiger charge is 2.23. The number of hydrogen-bond donors (Lipinski definition) is 2. The van der Waals surface area contributed by atoms with E-state index in [0.717, 1.165) is 6.42 Å². The van der Waals surface area contributed by atoms with Crippen LogP contribution in [0.3, 0.4) is 0 Å². The van der Waals surface area contributed by atoms with Gasteiger partial charge in [-0.15, -0.1) is 0 Å². The molecule has 4 nitrogen and oxygen atoms in total. The van der Waals surface area contributed by atoms with Gasteiger partial charge in [0.25, 0.3) is 0 Å². The zero-order valence-electron chi connectivity index (χ0n) is 10.2. The van der Waals surface area contributed by atoms with Gasteiger partial charge in [-0.3, -0.25) is 4.79 Å². The fraction of sp³-hybridized carbons (Fsp3) is 0.917. The minimum absolute atomic E-state index is 0.0797. The Balaban J connectivity index is 2.03. The van der Waals surface area contributed by atoms with Crippen LogP contribution in [0.2, 0.25) is 0 Å². The molecule has 1 aliphatic carbocycles. The predicted octanol–water partition coefficient (Wildman–Crippen LogP) is 1.08. The van der Waals surface area contributed by atoms with Gasteiger partial charge < -0.3 is 15.2 Å². The van der Waals surface area contributed by atoms with Crippen molar-refractivity contribution in [3.8, 4) is 0 Å². The van der Waals surface area contributed by atoms with Crippen LogP contribution in [-0.2, 0) is 9.53 Å². The van der Waals surface area contributed by atoms with Crippen LogP contribution in [0.4, 0.5) is 0 Å². The maximum atomic E-state index is 11.5.